The molecule has 1 aliphatic heterocycles. The predicted octanol–water partition coefficient (Wildman–Crippen LogP) is 6.09. The maximum absolute atomic E-state index is 12.9. The van der Waals surface area contributed by atoms with Gasteiger partial charge in [0.2, 0.25) is 0 Å². The molecule has 28 heavy (non-hydrogen) atoms. The molecule has 0 spiro atoms. The minimum atomic E-state index is -0.173. The van der Waals surface area contributed by atoms with Crippen LogP contribution in [0.2, 0.25) is 0 Å². The number of hydrogen-bond acceptors (Lipinski definition) is 3. The van der Waals surface area contributed by atoms with Crippen LogP contribution in [-0.4, -0.2) is 25.8 Å². The van der Waals surface area contributed by atoms with Gasteiger partial charge < -0.3 is 9.47 Å². The molecule has 2 saturated carbocycles. The minimum absolute atomic E-state index is 0.173. The molecule has 0 N–H and O–H groups in total. The van der Waals surface area contributed by atoms with Crippen LogP contribution in [0.3, 0.4) is 0 Å². The smallest absolute Gasteiger partial charge is 0.338 e. The van der Waals surface area contributed by atoms with E-state index >= 15 is 0 Å². The molecule has 0 aromatic rings. The molecular formula is C25H40O3. The second kappa shape index (κ2) is 8.34. The summed E-state index contributed by atoms with van der Waals surface area (Å²) in [6.07, 6.45) is 8.48. The van der Waals surface area contributed by atoms with Gasteiger partial charge in [0.25, 0.3) is 0 Å². The van der Waals surface area contributed by atoms with E-state index in [0.717, 1.165) is 30.8 Å². The summed E-state index contributed by atoms with van der Waals surface area (Å²) in [5, 5.41) is 0. The second-order valence-electron chi connectivity index (χ2n) is 9.98. The molecular weight excluding hydrogens is 348 g/mol. The molecule has 1 saturated heterocycles. The third-order valence-electron chi connectivity index (χ3n) is 7.69. The predicted molar refractivity (Wildman–Crippen MR) is 114 cm³/mol. The Labute approximate surface area is 171 Å². The quantitative estimate of drug-likeness (QED) is 0.272. The molecule has 0 amide bonds. The van der Waals surface area contributed by atoms with Gasteiger partial charge >= 0.3 is 5.97 Å². The SMILES string of the molecule is C=C(C)/C(C(=O)OCC)=C(/CC1CCC(C)COC1)[C@@H]1C2(C)C[C@]12CCCC. The van der Waals surface area contributed by atoms with Crippen molar-refractivity contribution in [3.63, 3.8) is 0 Å². The number of fused-ring (bicyclic) bond motifs is 1. The molecule has 3 heteroatoms. The molecule has 0 aromatic carbocycles. The van der Waals surface area contributed by atoms with E-state index in [4.69, 9.17) is 9.47 Å². The van der Waals surface area contributed by atoms with Gasteiger partial charge in [0.1, 0.15) is 0 Å². The Morgan fingerprint density at radius 2 is 2.00 bits per heavy atom. The topological polar surface area (TPSA) is 35.5 Å². The standard InChI is InChI=1S/C25H40O3/c1-7-9-12-25-16-24(25,6)22(25)20(21(17(3)4)23(26)28-8-2)13-19-11-10-18(5)14-27-15-19/h18-19,22H,3,7-16H2,1-2,4-6H3/b21-20+/t18?,19?,22-,24?,25-/m1/s1. The Morgan fingerprint density at radius 1 is 1.25 bits per heavy atom. The summed E-state index contributed by atoms with van der Waals surface area (Å²) in [7, 11) is 0. The lowest BCUT2D eigenvalue weighted by molar-refractivity contribution is -0.138. The van der Waals surface area contributed by atoms with Crippen molar-refractivity contribution in [2.75, 3.05) is 19.8 Å². The Morgan fingerprint density at radius 3 is 2.61 bits per heavy atom. The Kier molecular flexibility index (Phi) is 6.44. The van der Waals surface area contributed by atoms with Crippen LogP contribution in [-0.2, 0) is 14.3 Å². The minimum Gasteiger partial charge on any atom is -0.462 e. The molecule has 3 aliphatic rings. The van der Waals surface area contributed by atoms with Crippen molar-refractivity contribution >= 4 is 5.97 Å². The molecule has 158 valence electrons. The molecule has 0 aromatic heterocycles. The van der Waals surface area contributed by atoms with Crippen LogP contribution in [0.5, 0.6) is 0 Å². The van der Waals surface area contributed by atoms with Crippen LogP contribution in [0.1, 0.15) is 79.6 Å². The first kappa shape index (κ1) is 21.6. The van der Waals surface area contributed by atoms with Crippen LogP contribution in [0.15, 0.2) is 23.3 Å². The summed E-state index contributed by atoms with van der Waals surface area (Å²) in [4.78, 5) is 12.9. The average Bonchev–Trinajstić information content (AvgIpc) is 3.42. The average molecular weight is 389 g/mol. The number of allylic oxidation sites excluding steroid dienone is 1. The van der Waals surface area contributed by atoms with Gasteiger partial charge in [-0.25, -0.2) is 4.79 Å². The fraction of sp³-hybridized carbons (Fsp3) is 0.800. The van der Waals surface area contributed by atoms with Crippen molar-refractivity contribution in [1.29, 1.82) is 0 Å². The number of carbonyl (C=O) groups excluding carboxylic acids is 1. The number of unbranched alkanes of at least 4 members (excludes halogenated alkanes) is 1. The first-order valence-corrected chi connectivity index (χ1v) is 11.4. The van der Waals surface area contributed by atoms with E-state index < -0.39 is 0 Å². The molecule has 3 nitrogen and oxygen atoms in total. The highest BCUT2D eigenvalue weighted by molar-refractivity contribution is 5.94. The zero-order valence-electron chi connectivity index (χ0n) is 18.7. The van der Waals surface area contributed by atoms with E-state index in [1.165, 1.54) is 44.1 Å². The third kappa shape index (κ3) is 3.84. The molecule has 3 fully saturated rings. The van der Waals surface area contributed by atoms with Gasteiger partial charge in [0.05, 0.1) is 12.2 Å². The van der Waals surface area contributed by atoms with Crippen molar-refractivity contribution in [3.05, 3.63) is 23.3 Å². The van der Waals surface area contributed by atoms with Crippen molar-refractivity contribution in [2.24, 2.45) is 28.6 Å². The molecule has 0 radical (unpaired) electrons. The van der Waals surface area contributed by atoms with Crippen LogP contribution < -0.4 is 0 Å². The van der Waals surface area contributed by atoms with E-state index in [-0.39, 0.29) is 5.97 Å². The summed E-state index contributed by atoms with van der Waals surface area (Å²) < 4.78 is 11.4. The fourth-order valence-electron chi connectivity index (χ4n) is 6.00. The molecule has 1 heterocycles. The molecule has 3 rings (SSSR count). The largest absolute Gasteiger partial charge is 0.462 e. The second-order valence-corrected chi connectivity index (χ2v) is 9.98. The Bertz CT molecular complexity index is 648. The zero-order valence-corrected chi connectivity index (χ0v) is 18.7. The highest BCUT2D eigenvalue weighted by Gasteiger charge is 2.87. The van der Waals surface area contributed by atoms with E-state index in [1.54, 1.807) is 0 Å². The third-order valence-corrected chi connectivity index (χ3v) is 7.69. The first-order chi connectivity index (χ1) is 13.3. The van der Waals surface area contributed by atoms with Crippen LogP contribution >= 0.6 is 0 Å². The number of hydrogen-bond donors (Lipinski definition) is 0. The van der Waals surface area contributed by atoms with Crippen molar-refractivity contribution in [2.45, 2.75) is 79.6 Å². The maximum atomic E-state index is 12.9. The first-order valence-electron chi connectivity index (χ1n) is 11.4. The van der Waals surface area contributed by atoms with Gasteiger partial charge in [0.15, 0.2) is 0 Å². The van der Waals surface area contributed by atoms with Crippen molar-refractivity contribution < 1.29 is 14.3 Å². The number of carbonyl (C=O) groups is 1. The highest BCUT2D eigenvalue weighted by Crippen LogP contribution is 2.93. The van der Waals surface area contributed by atoms with Crippen LogP contribution in [0.25, 0.3) is 0 Å². The van der Waals surface area contributed by atoms with Crippen molar-refractivity contribution in [3.8, 4) is 0 Å². The summed E-state index contributed by atoms with van der Waals surface area (Å²) in [5.74, 6) is 1.48. The lowest BCUT2D eigenvalue weighted by atomic mass is 9.81. The van der Waals surface area contributed by atoms with Crippen molar-refractivity contribution in [1.82, 2.24) is 0 Å². The van der Waals surface area contributed by atoms with E-state index in [0.29, 0.717) is 35.2 Å². The van der Waals surface area contributed by atoms with E-state index in [9.17, 15) is 4.79 Å². The maximum Gasteiger partial charge on any atom is 0.338 e. The normalized spacial score (nSPS) is 37.4. The lowest BCUT2D eigenvalue weighted by Gasteiger charge is -2.25. The highest BCUT2D eigenvalue weighted by atomic mass is 16.5. The zero-order chi connectivity index (χ0) is 20.5. The monoisotopic (exact) mass is 388 g/mol. The summed E-state index contributed by atoms with van der Waals surface area (Å²) >= 11 is 0. The van der Waals surface area contributed by atoms with Gasteiger partial charge in [-0.3, -0.25) is 0 Å². The number of ether oxygens (including phenoxy) is 2. The van der Waals surface area contributed by atoms with Gasteiger partial charge in [-0.2, -0.15) is 0 Å². The summed E-state index contributed by atoms with van der Waals surface area (Å²) in [5.41, 5.74) is 3.80. The van der Waals surface area contributed by atoms with Crippen LogP contribution in [0, 0.1) is 28.6 Å². The van der Waals surface area contributed by atoms with E-state index in [2.05, 4.69) is 27.4 Å². The Hall–Kier alpha value is -1.09. The number of rotatable bonds is 9. The van der Waals surface area contributed by atoms with Gasteiger partial charge in [-0.1, -0.05) is 45.8 Å². The van der Waals surface area contributed by atoms with Gasteiger partial charge in [-0.15, -0.1) is 0 Å². The molecule has 3 unspecified atom stereocenters. The summed E-state index contributed by atoms with van der Waals surface area (Å²) in [6, 6.07) is 0. The molecule has 0 bridgehead atoms. The van der Waals surface area contributed by atoms with Gasteiger partial charge in [-0.05, 0) is 80.1 Å². The molecule has 5 atom stereocenters. The Balaban J connectivity index is 1.90. The number of esters is 1. The molecule has 2 aliphatic carbocycles. The van der Waals surface area contributed by atoms with E-state index in [1.807, 2.05) is 13.8 Å². The van der Waals surface area contributed by atoms with Gasteiger partial charge in [0, 0.05) is 13.2 Å². The summed E-state index contributed by atoms with van der Waals surface area (Å²) in [6.45, 7) is 17.1. The lowest BCUT2D eigenvalue weighted by Crippen LogP contribution is -2.19. The fourth-order valence-corrected chi connectivity index (χ4v) is 6.00. The van der Waals surface area contributed by atoms with Crippen LogP contribution in [0.4, 0.5) is 0 Å².